The van der Waals surface area contributed by atoms with Crippen molar-refractivity contribution in [2.45, 2.75) is 12.3 Å². The van der Waals surface area contributed by atoms with Gasteiger partial charge in [0.25, 0.3) is 0 Å². The molecule has 0 aliphatic carbocycles. The number of carboxylic acid groups (broad SMARTS) is 1. The van der Waals surface area contributed by atoms with Crippen LogP contribution in [0.25, 0.3) is 0 Å². The summed E-state index contributed by atoms with van der Waals surface area (Å²) in [5.74, 6) is 2.18. The number of thioether (sulfide) groups is 1. The first-order chi connectivity index (χ1) is 6.77. The molecule has 0 spiro atoms. The van der Waals surface area contributed by atoms with Crippen LogP contribution in [0.5, 0.6) is 0 Å². The Kier molecular flexibility index (Phi) is 2.77. The van der Waals surface area contributed by atoms with Crippen LogP contribution in [0.15, 0.2) is 24.3 Å². The van der Waals surface area contributed by atoms with E-state index in [-0.39, 0.29) is 0 Å². The lowest BCUT2D eigenvalue weighted by Crippen LogP contribution is -1.99. The predicted octanol–water partition coefficient (Wildman–Crippen LogP) is 2.61. The van der Waals surface area contributed by atoms with Gasteiger partial charge in [-0.05, 0) is 35.8 Å². The second kappa shape index (κ2) is 4.05. The van der Waals surface area contributed by atoms with Crippen molar-refractivity contribution in [3.63, 3.8) is 0 Å². The smallest absolute Gasteiger partial charge is 0.335 e. The van der Waals surface area contributed by atoms with E-state index in [2.05, 4.69) is 0 Å². The van der Waals surface area contributed by atoms with E-state index in [1.165, 1.54) is 23.5 Å². The fourth-order valence-corrected chi connectivity index (χ4v) is 2.96. The standard InChI is InChI=1S/C11H12O2S/c12-11(13)9-3-1-8(2-4-9)10-5-6-14-7-10/h1-4,10H,5-7H2,(H,12,13). The lowest BCUT2D eigenvalue weighted by atomic mass is 9.98. The van der Waals surface area contributed by atoms with Crippen LogP contribution in [0.1, 0.15) is 28.3 Å². The van der Waals surface area contributed by atoms with E-state index in [1.807, 2.05) is 23.9 Å². The Balaban J connectivity index is 2.16. The van der Waals surface area contributed by atoms with Crippen molar-refractivity contribution in [3.8, 4) is 0 Å². The highest BCUT2D eigenvalue weighted by molar-refractivity contribution is 7.99. The zero-order chi connectivity index (χ0) is 9.97. The molecule has 0 saturated carbocycles. The quantitative estimate of drug-likeness (QED) is 0.811. The summed E-state index contributed by atoms with van der Waals surface area (Å²) >= 11 is 1.97. The molecule has 3 heteroatoms. The van der Waals surface area contributed by atoms with Gasteiger partial charge in [-0.2, -0.15) is 11.8 Å². The molecule has 74 valence electrons. The highest BCUT2D eigenvalue weighted by atomic mass is 32.2. The Bertz CT molecular complexity index is 326. The van der Waals surface area contributed by atoms with Gasteiger partial charge in [-0.3, -0.25) is 0 Å². The van der Waals surface area contributed by atoms with Gasteiger partial charge in [0.2, 0.25) is 0 Å². The van der Waals surface area contributed by atoms with Crippen molar-refractivity contribution >= 4 is 17.7 Å². The molecule has 1 atom stereocenters. The summed E-state index contributed by atoms with van der Waals surface area (Å²) in [5, 5.41) is 8.74. The third-order valence-corrected chi connectivity index (χ3v) is 3.72. The van der Waals surface area contributed by atoms with E-state index in [1.54, 1.807) is 12.1 Å². The summed E-state index contributed by atoms with van der Waals surface area (Å²) in [6.45, 7) is 0. The Morgan fingerprint density at radius 1 is 1.36 bits per heavy atom. The molecule has 1 fully saturated rings. The molecule has 0 amide bonds. The summed E-state index contributed by atoms with van der Waals surface area (Å²) in [4.78, 5) is 10.6. The van der Waals surface area contributed by atoms with Gasteiger partial charge in [-0.25, -0.2) is 4.79 Å². The second-order valence-corrected chi connectivity index (χ2v) is 4.64. The molecule has 1 heterocycles. The minimum Gasteiger partial charge on any atom is -0.478 e. The van der Waals surface area contributed by atoms with Crippen LogP contribution < -0.4 is 0 Å². The molecule has 0 radical (unpaired) electrons. The Morgan fingerprint density at radius 2 is 2.07 bits per heavy atom. The Labute approximate surface area is 87.3 Å². The van der Waals surface area contributed by atoms with Crippen LogP contribution >= 0.6 is 11.8 Å². The lowest BCUT2D eigenvalue weighted by molar-refractivity contribution is 0.0697. The number of hydrogen-bond acceptors (Lipinski definition) is 2. The van der Waals surface area contributed by atoms with Crippen LogP contribution in [-0.2, 0) is 0 Å². The van der Waals surface area contributed by atoms with Crippen molar-refractivity contribution in [1.29, 1.82) is 0 Å². The van der Waals surface area contributed by atoms with E-state index in [9.17, 15) is 4.79 Å². The molecule has 1 aliphatic heterocycles. The zero-order valence-corrected chi connectivity index (χ0v) is 8.59. The van der Waals surface area contributed by atoms with Crippen molar-refractivity contribution in [3.05, 3.63) is 35.4 Å². The molecule has 0 bridgehead atoms. The Morgan fingerprint density at radius 3 is 2.57 bits per heavy atom. The first-order valence-electron chi connectivity index (χ1n) is 4.68. The first kappa shape index (κ1) is 9.59. The minimum absolute atomic E-state index is 0.374. The van der Waals surface area contributed by atoms with Gasteiger partial charge in [-0.1, -0.05) is 12.1 Å². The molecule has 1 saturated heterocycles. The monoisotopic (exact) mass is 208 g/mol. The third-order valence-electron chi connectivity index (χ3n) is 2.56. The van der Waals surface area contributed by atoms with Crippen molar-refractivity contribution in [2.24, 2.45) is 0 Å². The van der Waals surface area contributed by atoms with E-state index in [0.717, 1.165) is 0 Å². The highest BCUT2D eigenvalue weighted by Gasteiger charge is 2.17. The van der Waals surface area contributed by atoms with Crippen LogP contribution in [0.2, 0.25) is 0 Å². The molecular formula is C11H12O2S. The summed E-state index contributed by atoms with van der Waals surface area (Å²) < 4.78 is 0. The van der Waals surface area contributed by atoms with Crippen LogP contribution in [-0.4, -0.2) is 22.6 Å². The van der Waals surface area contributed by atoms with Crippen LogP contribution in [0.3, 0.4) is 0 Å². The van der Waals surface area contributed by atoms with Gasteiger partial charge in [-0.15, -0.1) is 0 Å². The molecule has 1 N–H and O–H groups in total. The molecule has 1 unspecified atom stereocenters. The predicted molar refractivity (Wildman–Crippen MR) is 58.1 cm³/mol. The number of rotatable bonds is 2. The van der Waals surface area contributed by atoms with Crippen molar-refractivity contribution in [1.82, 2.24) is 0 Å². The van der Waals surface area contributed by atoms with E-state index >= 15 is 0 Å². The minimum atomic E-state index is -0.850. The maximum atomic E-state index is 10.6. The number of carboxylic acids is 1. The zero-order valence-electron chi connectivity index (χ0n) is 7.77. The topological polar surface area (TPSA) is 37.3 Å². The van der Waals surface area contributed by atoms with Crippen molar-refractivity contribution in [2.75, 3.05) is 11.5 Å². The Hall–Kier alpha value is -0.960. The van der Waals surface area contributed by atoms with E-state index in [4.69, 9.17) is 5.11 Å². The highest BCUT2D eigenvalue weighted by Crippen LogP contribution is 2.32. The fraction of sp³-hybridized carbons (Fsp3) is 0.364. The molecule has 2 rings (SSSR count). The second-order valence-electron chi connectivity index (χ2n) is 3.49. The summed E-state index contributed by atoms with van der Waals surface area (Å²) in [7, 11) is 0. The van der Waals surface area contributed by atoms with Gasteiger partial charge in [0.15, 0.2) is 0 Å². The van der Waals surface area contributed by atoms with Crippen molar-refractivity contribution < 1.29 is 9.90 Å². The SMILES string of the molecule is O=C(O)c1ccc(C2CCSC2)cc1. The summed E-state index contributed by atoms with van der Waals surface area (Å²) in [6.07, 6.45) is 1.22. The normalized spacial score (nSPS) is 21.0. The number of carbonyl (C=O) groups is 1. The molecule has 14 heavy (non-hydrogen) atoms. The molecule has 1 aromatic carbocycles. The molecule has 1 aromatic rings. The summed E-state index contributed by atoms with van der Waals surface area (Å²) in [5.41, 5.74) is 1.65. The van der Waals surface area contributed by atoms with E-state index in [0.29, 0.717) is 11.5 Å². The average Bonchev–Trinajstić information content (AvgIpc) is 2.71. The molecule has 2 nitrogen and oxygen atoms in total. The molecule has 1 aliphatic rings. The number of hydrogen-bond donors (Lipinski definition) is 1. The van der Waals surface area contributed by atoms with Gasteiger partial charge >= 0.3 is 5.97 Å². The average molecular weight is 208 g/mol. The maximum absolute atomic E-state index is 10.6. The maximum Gasteiger partial charge on any atom is 0.335 e. The number of aromatic carboxylic acids is 1. The molecule has 0 aromatic heterocycles. The van der Waals surface area contributed by atoms with Crippen LogP contribution in [0, 0.1) is 0 Å². The van der Waals surface area contributed by atoms with Gasteiger partial charge < -0.3 is 5.11 Å². The first-order valence-corrected chi connectivity index (χ1v) is 5.84. The third kappa shape index (κ3) is 1.93. The van der Waals surface area contributed by atoms with Gasteiger partial charge in [0, 0.05) is 5.75 Å². The lowest BCUT2D eigenvalue weighted by Gasteiger charge is -2.08. The van der Waals surface area contributed by atoms with E-state index < -0.39 is 5.97 Å². The van der Waals surface area contributed by atoms with Crippen LogP contribution in [0.4, 0.5) is 0 Å². The van der Waals surface area contributed by atoms with Gasteiger partial charge in [0.05, 0.1) is 5.56 Å². The fourth-order valence-electron chi connectivity index (χ4n) is 1.70. The number of benzene rings is 1. The summed E-state index contributed by atoms with van der Waals surface area (Å²) in [6, 6.07) is 7.28. The largest absolute Gasteiger partial charge is 0.478 e. The van der Waals surface area contributed by atoms with Gasteiger partial charge in [0.1, 0.15) is 0 Å². The molecular weight excluding hydrogens is 196 g/mol.